The minimum absolute atomic E-state index is 0.326. The first kappa shape index (κ1) is 17.4. The summed E-state index contributed by atoms with van der Waals surface area (Å²) in [5.74, 6) is -0.326. The molecule has 118 valence electrons. The van der Waals surface area contributed by atoms with Crippen molar-refractivity contribution in [3.63, 3.8) is 0 Å². The third-order valence-electron chi connectivity index (χ3n) is 4.42. The summed E-state index contributed by atoms with van der Waals surface area (Å²) in [6, 6.07) is 0. The lowest BCUT2D eigenvalue weighted by Gasteiger charge is -2.38. The van der Waals surface area contributed by atoms with Crippen molar-refractivity contribution < 1.29 is 9.53 Å². The molecule has 1 heterocycles. The molecule has 1 fully saturated rings. The van der Waals surface area contributed by atoms with Gasteiger partial charge in [-0.3, -0.25) is 10.1 Å². The lowest BCUT2D eigenvalue weighted by Crippen LogP contribution is -2.65. The summed E-state index contributed by atoms with van der Waals surface area (Å²) in [6.07, 6.45) is 0.598. The van der Waals surface area contributed by atoms with Crippen LogP contribution in [0.25, 0.3) is 0 Å². The van der Waals surface area contributed by atoms with E-state index in [0.717, 1.165) is 26.2 Å². The molecule has 0 bridgehead atoms. The number of primary amides is 1. The number of nitrogens with two attached hydrogens (primary N) is 1. The summed E-state index contributed by atoms with van der Waals surface area (Å²) in [7, 11) is 0. The molecule has 5 heteroatoms. The Morgan fingerprint density at radius 1 is 1.25 bits per heavy atom. The zero-order valence-electron chi connectivity index (χ0n) is 13.9. The van der Waals surface area contributed by atoms with Crippen LogP contribution < -0.4 is 11.1 Å². The molecule has 0 aliphatic carbocycles. The van der Waals surface area contributed by atoms with Gasteiger partial charge < -0.3 is 15.4 Å². The molecule has 1 atom stereocenters. The number of carbonyl (C=O) groups excluding carboxylic acids is 1. The van der Waals surface area contributed by atoms with Crippen LogP contribution in [-0.2, 0) is 9.53 Å². The zero-order valence-corrected chi connectivity index (χ0v) is 13.9. The zero-order chi connectivity index (χ0) is 15.6. The molecule has 1 aliphatic heterocycles. The third-order valence-corrected chi connectivity index (χ3v) is 4.42. The van der Waals surface area contributed by atoms with E-state index in [1.165, 1.54) is 0 Å². The molecule has 0 aromatic carbocycles. The first-order valence-corrected chi connectivity index (χ1v) is 7.57. The Hall–Kier alpha value is -0.650. The molecule has 5 nitrogen and oxygen atoms in total. The Bertz CT molecular complexity index is 351. The van der Waals surface area contributed by atoms with Crippen LogP contribution in [0.5, 0.6) is 0 Å². The SMILES string of the molecule is CCN(CC)CCNC1(C(N)=O)CC(C)(C)OC1(C)C. The highest BCUT2D eigenvalue weighted by Gasteiger charge is 2.60. The van der Waals surface area contributed by atoms with Crippen molar-refractivity contribution in [2.45, 2.75) is 64.7 Å². The number of hydrogen-bond donors (Lipinski definition) is 2. The molecule has 0 aromatic rings. The Balaban J connectivity index is 2.81. The predicted molar refractivity (Wildman–Crippen MR) is 81.6 cm³/mol. The standard InChI is InChI=1S/C15H31N3O2/c1-7-18(8-2)10-9-17-15(12(16)19)11-13(3,4)20-14(15,5)6/h17H,7-11H2,1-6H3,(H2,16,19). The van der Waals surface area contributed by atoms with Gasteiger partial charge in [-0.05, 0) is 40.8 Å². The van der Waals surface area contributed by atoms with E-state index in [1.54, 1.807) is 0 Å². The van der Waals surface area contributed by atoms with Crippen molar-refractivity contribution in [1.29, 1.82) is 0 Å². The van der Waals surface area contributed by atoms with E-state index in [9.17, 15) is 4.79 Å². The van der Waals surface area contributed by atoms with Crippen LogP contribution in [-0.4, -0.2) is 53.7 Å². The quantitative estimate of drug-likeness (QED) is 0.735. The van der Waals surface area contributed by atoms with Gasteiger partial charge >= 0.3 is 0 Å². The van der Waals surface area contributed by atoms with Gasteiger partial charge in [-0.25, -0.2) is 0 Å². The van der Waals surface area contributed by atoms with Gasteiger partial charge in [0.1, 0.15) is 5.54 Å². The van der Waals surface area contributed by atoms with Gasteiger partial charge in [-0.2, -0.15) is 0 Å². The fourth-order valence-electron chi connectivity index (χ4n) is 3.38. The summed E-state index contributed by atoms with van der Waals surface area (Å²) >= 11 is 0. The van der Waals surface area contributed by atoms with Crippen LogP contribution in [0, 0.1) is 0 Å². The van der Waals surface area contributed by atoms with Gasteiger partial charge in [0.25, 0.3) is 0 Å². The first-order valence-electron chi connectivity index (χ1n) is 7.57. The topological polar surface area (TPSA) is 67.6 Å². The van der Waals surface area contributed by atoms with E-state index < -0.39 is 11.1 Å². The molecule has 0 radical (unpaired) electrons. The van der Waals surface area contributed by atoms with Crippen LogP contribution in [0.1, 0.15) is 48.0 Å². The average molecular weight is 285 g/mol. The Morgan fingerprint density at radius 2 is 1.80 bits per heavy atom. The van der Waals surface area contributed by atoms with Gasteiger partial charge in [0.05, 0.1) is 11.2 Å². The Morgan fingerprint density at radius 3 is 2.15 bits per heavy atom. The van der Waals surface area contributed by atoms with Crippen molar-refractivity contribution in [3.8, 4) is 0 Å². The molecule has 1 rings (SSSR count). The summed E-state index contributed by atoms with van der Waals surface area (Å²) < 4.78 is 6.05. The molecule has 1 amide bonds. The largest absolute Gasteiger partial charge is 0.368 e. The number of rotatable bonds is 7. The van der Waals surface area contributed by atoms with E-state index >= 15 is 0 Å². The maximum atomic E-state index is 12.1. The molecule has 1 aliphatic rings. The van der Waals surface area contributed by atoms with Crippen molar-refractivity contribution in [2.75, 3.05) is 26.2 Å². The minimum atomic E-state index is -0.802. The Kier molecular flexibility index (Phi) is 5.22. The fourth-order valence-corrected chi connectivity index (χ4v) is 3.38. The Labute approximate surface area is 123 Å². The summed E-state index contributed by atoms with van der Waals surface area (Å²) in [5, 5.41) is 3.40. The highest BCUT2D eigenvalue weighted by atomic mass is 16.5. The molecular weight excluding hydrogens is 254 g/mol. The van der Waals surface area contributed by atoms with Crippen LogP contribution in [0.4, 0.5) is 0 Å². The van der Waals surface area contributed by atoms with Gasteiger partial charge in [0.15, 0.2) is 0 Å². The van der Waals surface area contributed by atoms with Gasteiger partial charge in [0.2, 0.25) is 5.91 Å². The van der Waals surface area contributed by atoms with Gasteiger partial charge in [-0.1, -0.05) is 13.8 Å². The van der Waals surface area contributed by atoms with E-state index in [4.69, 9.17) is 10.5 Å². The van der Waals surface area contributed by atoms with Crippen LogP contribution >= 0.6 is 0 Å². The molecule has 1 saturated heterocycles. The van der Waals surface area contributed by atoms with Crippen molar-refractivity contribution in [2.24, 2.45) is 5.73 Å². The third kappa shape index (κ3) is 3.32. The lowest BCUT2D eigenvalue weighted by molar-refractivity contribution is -0.133. The number of amides is 1. The monoisotopic (exact) mass is 285 g/mol. The van der Waals surface area contributed by atoms with E-state index in [-0.39, 0.29) is 11.5 Å². The van der Waals surface area contributed by atoms with Crippen molar-refractivity contribution >= 4 is 5.91 Å². The second kappa shape index (κ2) is 6.00. The number of hydrogen-bond acceptors (Lipinski definition) is 4. The summed E-state index contributed by atoms with van der Waals surface area (Å²) in [5.41, 5.74) is 3.96. The lowest BCUT2D eigenvalue weighted by atomic mass is 9.78. The minimum Gasteiger partial charge on any atom is -0.368 e. The number of nitrogens with one attached hydrogen (secondary N) is 1. The maximum absolute atomic E-state index is 12.1. The number of ether oxygens (including phenoxy) is 1. The molecule has 3 N–H and O–H groups in total. The predicted octanol–water partition coefficient (Wildman–Crippen LogP) is 1.12. The fraction of sp³-hybridized carbons (Fsp3) is 0.933. The molecule has 20 heavy (non-hydrogen) atoms. The number of likely N-dealkylation sites (N-methyl/N-ethyl adjacent to an activating group) is 1. The summed E-state index contributed by atoms with van der Waals surface area (Å²) in [4.78, 5) is 14.4. The van der Waals surface area contributed by atoms with Gasteiger partial charge in [0, 0.05) is 19.5 Å². The summed E-state index contributed by atoms with van der Waals surface area (Å²) in [6.45, 7) is 15.8. The van der Waals surface area contributed by atoms with Gasteiger partial charge in [-0.15, -0.1) is 0 Å². The maximum Gasteiger partial charge on any atom is 0.240 e. The number of carbonyl (C=O) groups is 1. The number of nitrogens with zero attached hydrogens (tertiary/aromatic N) is 1. The molecule has 1 unspecified atom stereocenters. The van der Waals surface area contributed by atoms with E-state index in [0.29, 0.717) is 6.42 Å². The van der Waals surface area contributed by atoms with Crippen molar-refractivity contribution in [3.05, 3.63) is 0 Å². The van der Waals surface area contributed by atoms with Crippen LogP contribution in [0.3, 0.4) is 0 Å². The smallest absolute Gasteiger partial charge is 0.240 e. The first-order chi connectivity index (χ1) is 9.10. The second-order valence-corrected chi connectivity index (χ2v) is 6.77. The van der Waals surface area contributed by atoms with Crippen LogP contribution in [0.15, 0.2) is 0 Å². The molecular formula is C15H31N3O2. The van der Waals surface area contributed by atoms with Crippen molar-refractivity contribution in [1.82, 2.24) is 10.2 Å². The molecule has 0 aromatic heterocycles. The van der Waals surface area contributed by atoms with E-state index in [1.807, 2.05) is 27.7 Å². The highest BCUT2D eigenvalue weighted by molar-refractivity contribution is 5.87. The highest BCUT2D eigenvalue weighted by Crippen LogP contribution is 2.44. The normalized spacial score (nSPS) is 27.9. The van der Waals surface area contributed by atoms with E-state index in [2.05, 4.69) is 24.1 Å². The second-order valence-electron chi connectivity index (χ2n) is 6.77. The average Bonchev–Trinajstić information content (AvgIpc) is 2.50. The molecule has 0 saturated carbocycles. The van der Waals surface area contributed by atoms with Crippen LogP contribution in [0.2, 0.25) is 0 Å². The molecule has 0 spiro atoms.